The minimum Gasteiger partial charge on any atom is -0.466 e. The van der Waals surface area contributed by atoms with Gasteiger partial charge in [0.05, 0.1) is 7.11 Å². The standard InChI is InChI=1S/C18H25F3N2O4/c1-4-10-23-11(2)13(15(25)27-3)17(16(23)26,18(19,20)21)22-14(24)12-8-6-5-7-9-12/h12H,4-10H2,1-3H3,(H,22,24)/t17-/m1/s1. The zero-order valence-corrected chi connectivity index (χ0v) is 15.7. The highest BCUT2D eigenvalue weighted by Gasteiger charge is 2.70. The molecule has 1 aliphatic heterocycles. The molecular weight excluding hydrogens is 365 g/mol. The van der Waals surface area contributed by atoms with Crippen molar-refractivity contribution >= 4 is 17.8 Å². The van der Waals surface area contributed by atoms with Crippen LogP contribution in [0, 0.1) is 5.92 Å². The van der Waals surface area contributed by atoms with E-state index in [9.17, 15) is 27.6 Å². The molecule has 2 aliphatic rings. The number of hydrogen-bond donors (Lipinski definition) is 1. The fourth-order valence-electron chi connectivity index (χ4n) is 3.87. The number of carbonyl (C=O) groups excluding carboxylic acids is 3. The van der Waals surface area contributed by atoms with Gasteiger partial charge in [-0.05, 0) is 26.2 Å². The van der Waals surface area contributed by atoms with Gasteiger partial charge in [0.25, 0.3) is 5.91 Å². The molecule has 0 radical (unpaired) electrons. The van der Waals surface area contributed by atoms with Gasteiger partial charge >= 0.3 is 12.1 Å². The first kappa shape index (κ1) is 21.2. The van der Waals surface area contributed by atoms with Crippen LogP contribution in [0.2, 0.25) is 0 Å². The van der Waals surface area contributed by atoms with Crippen LogP contribution >= 0.6 is 0 Å². The van der Waals surface area contributed by atoms with Gasteiger partial charge in [-0.15, -0.1) is 0 Å². The van der Waals surface area contributed by atoms with E-state index < -0.39 is 41.0 Å². The summed E-state index contributed by atoms with van der Waals surface area (Å²) in [6.07, 6.45) is -1.48. The number of esters is 1. The molecule has 0 aromatic heterocycles. The maximum Gasteiger partial charge on any atom is 0.425 e. The van der Waals surface area contributed by atoms with E-state index in [0.29, 0.717) is 19.3 Å². The van der Waals surface area contributed by atoms with Gasteiger partial charge in [0.2, 0.25) is 11.4 Å². The summed E-state index contributed by atoms with van der Waals surface area (Å²) < 4.78 is 47.2. The lowest BCUT2D eigenvalue weighted by molar-refractivity contribution is -0.196. The minimum absolute atomic E-state index is 0.00227. The number of nitrogens with one attached hydrogen (secondary N) is 1. The van der Waals surface area contributed by atoms with Crippen molar-refractivity contribution in [3.63, 3.8) is 0 Å². The van der Waals surface area contributed by atoms with Crippen LogP contribution < -0.4 is 5.32 Å². The van der Waals surface area contributed by atoms with Crippen molar-refractivity contribution in [1.82, 2.24) is 10.2 Å². The highest BCUT2D eigenvalue weighted by Crippen LogP contribution is 2.45. The van der Waals surface area contributed by atoms with Crippen LogP contribution in [-0.2, 0) is 19.1 Å². The Morgan fingerprint density at radius 1 is 1.26 bits per heavy atom. The number of ether oxygens (including phenoxy) is 1. The molecule has 152 valence electrons. The molecule has 6 nitrogen and oxygen atoms in total. The zero-order chi connectivity index (χ0) is 20.4. The van der Waals surface area contributed by atoms with Crippen molar-refractivity contribution in [2.75, 3.05) is 13.7 Å². The van der Waals surface area contributed by atoms with E-state index in [0.717, 1.165) is 31.3 Å². The van der Waals surface area contributed by atoms with E-state index >= 15 is 0 Å². The Morgan fingerprint density at radius 2 is 1.85 bits per heavy atom. The molecule has 0 aromatic rings. The number of hydrogen-bond acceptors (Lipinski definition) is 4. The summed E-state index contributed by atoms with van der Waals surface area (Å²) in [6.45, 7) is 2.97. The quantitative estimate of drug-likeness (QED) is 0.733. The van der Waals surface area contributed by atoms with Crippen LogP contribution in [0.15, 0.2) is 11.3 Å². The third-order valence-corrected chi connectivity index (χ3v) is 5.26. The lowest BCUT2D eigenvalue weighted by Gasteiger charge is -2.34. The molecule has 0 spiro atoms. The summed E-state index contributed by atoms with van der Waals surface area (Å²) in [4.78, 5) is 38.6. The molecule has 2 amide bonds. The normalized spacial score (nSPS) is 24.4. The maximum atomic E-state index is 14.2. The third-order valence-electron chi connectivity index (χ3n) is 5.26. The third kappa shape index (κ3) is 3.55. The number of amides is 2. The van der Waals surface area contributed by atoms with Gasteiger partial charge in [-0.2, -0.15) is 13.2 Å². The molecule has 0 unspecified atom stereocenters. The summed E-state index contributed by atoms with van der Waals surface area (Å²) in [5.74, 6) is -4.10. The van der Waals surface area contributed by atoms with Gasteiger partial charge in [0.1, 0.15) is 5.57 Å². The van der Waals surface area contributed by atoms with Crippen molar-refractivity contribution in [2.24, 2.45) is 5.92 Å². The monoisotopic (exact) mass is 390 g/mol. The fraction of sp³-hybridized carbons (Fsp3) is 0.722. The van der Waals surface area contributed by atoms with Crippen molar-refractivity contribution in [3.8, 4) is 0 Å². The maximum absolute atomic E-state index is 14.2. The average molecular weight is 390 g/mol. The summed E-state index contributed by atoms with van der Waals surface area (Å²) >= 11 is 0. The predicted octanol–water partition coefficient (Wildman–Crippen LogP) is 2.68. The largest absolute Gasteiger partial charge is 0.466 e. The minimum atomic E-state index is -5.19. The molecular formula is C18H25F3N2O4. The lowest BCUT2D eigenvalue weighted by atomic mass is 9.85. The zero-order valence-electron chi connectivity index (χ0n) is 15.7. The summed E-state index contributed by atoms with van der Waals surface area (Å²) in [5.41, 5.74) is -4.41. The van der Waals surface area contributed by atoms with Crippen molar-refractivity contribution < 1.29 is 32.3 Å². The second-order valence-corrected chi connectivity index (χ2v) is 6.98. The topological polar surface area (TPSA) is 75.7 Å². The fourth-order valence-corrected chi connectivity index (χ4v) is 3.87. The molecule has 0 aromatic carbocycles. The predicted molar refractivity (Wildman–Crippen MR) is 90.2 cm³/mol. The summed E-state index contributed by atoms with van der Waals surface area (Å²) in [7, 11) is 0.944. The van der Waals surface area contributed by atoms with Crippen LogP contribution in [0.5, 0.6) is 0 Å². The van der Waals surface area contributed by atoms with E-state index in [1.165, 1.54) is 6.92 Å². The number of methoxy groups -OCH3 is 1. The Bertz CT molecular complexity index is 653. The Balaban J connectivity index is 2.55. The Morgan fingerprint density at radius 3 is 2.33 bits per heavy atom. The van der Waals surface area contributed by atoms with Gasteiger partial charge in [0, 0.05) is 18.2 Å². The van der Waals surface area contributed by atoms with Gasteiger partial charge in [-0.3, -0.25) is 9.59 Å². The molecule has 1 N–H and O–H groups in total. The molecule has 2 rings (SSSR count). The number of allylic oxidation sites excluding steroid dienone is 1. The highest BCUT2D eigenvalue weighted by molar-refractivity contribution is 6.10. The molecule has 1 aliphatic carbocycles. The molecule has 9 heteroatoms. The van der Waals surface area contributed by atoms with Crippen LogP contribution in [0.25, 0.3) is 0 Å². The molecule has 0 saturated heterocycles. The summed E-state index contributed by atoms with van der Waals surface area (Å²) in [6, 6.07) is 0. The van der Waals surface area contributed by atoms with Crippen LogP contribution in [-0.4, -0.2) is 48.1 Å². The van der Waals surface area contributed by atoms with Gasteiger partial charge in [-0.1, -0.05) is 26.2 Å². The van der Waals surface area contributed by atoms with Gasteiger partial charge < -0.3 is 15.0 Å². The Labute approximate surface area is 156 Å². The van der Waals surface area contributed by atoms with E-state index in [1.54, 1.807) is 6.92 Å². The van der Waals surface area contributed by atoms with E-state index in [4.69, 9.17) is 0 Å². The molecule has 1 fully saturated rings. The van der Waals surface area contributed by atoms with Crippen molar-refractivity contribution in [2.45, 2.75) is 64.1 Å². The Hall–Kier alpha value is -2.06. The van der Waals surface area contributed by atoms with E-state index in [-0.39, 0.29) is 12.2 Å². The average Bonchev–Trinajstić information content (AvgIpc) is 2.84. The number of nitrogens with zero attached hydrogens (tertiary/aromatic N) is 1. The molecule has 1 atom stereocenters. The van der Waals surface area contributed by atoms with Gasteiger partial charge in [-0.25, -0.2) is 4.79 Å². The second-order valence-electron chi connectivity index (χ2n) is 6.98. The molecule has 27 heavy (non-hydrogen) atoms. The highest BCUT2D eigenvalue weighted by atomic mass is 19.4. The lowest BCUT2D eigenvalue weighted by Crippen LogP contribution is -2.67. The van der Waals surface area contributed by atoms with Crippen LogP contribution in [0.3, 0.4) is 0 Å². The second kappa shape index (κ2) is 7.90. The Kier molecular flexibility index (Phi) is 6.21. The summed E-state index contributed by atoms with van der Waals surface area (Å²) in [5, 5.41) is 1.92. The molecule has 0 bridgehead atoms. The first-order valence-electron chi connectivity index (χ1n) is 9.12. The number of rotatable bonds is 5. The van der Waals surface area contributed by atoms with Crippen molar-refractivity contribution in [3.05, 3.63) is 11.3 Å². The smallest absolute Gasteiger partial charge is 0.425 e. The van der Waals surface area contributed by atoms with Crippen LogP contribution in [0.1, 0.15) is 52.4 Å². The first-order chi connectivity index (χ1) is 12.6. The first-order valence-corrected chi connectivity index (χ1v) is 9.12. The van der Waals surface area contributed by atoms with Gasteiger partial charge in [0.15, 0.2) is 0 Å². The molecule has 1 saturated carbocycles. The van der Waals surface area contributed by atoms with Crippen molar-refractivity contribution in [1.29, 1.82) is 0 Å². The van der Waals surface area contributed by atoms with E-state index in [1.807, 2.05) is 5.32 Å². The molecule has 1 heterocycles. The van der Waals surface area contributed by atoms with E-state index in [2.05, 4.69) is 4.74 Å². The number of halogens is 3. The number of alkyl halides is 3. The number of carbonyl (C=O) groups is 3. The van der Waals surface area contributed by atoms with Crippen LogP contribution in [0.4, 0.5) is 13.2 Å². The SMILES string of the molecule is CCCN1C(=O)[C@@](NC(=O)C2CCCCC2)(C(F)(F)F)C(C(=O)OC)=C1C.